The van der Waals surface area contributed by atoms with Gasteiger partial charge in [0.1, 0.15) is 5.75 Å². The molecule has 0 radical (unpaired) electrons. The van der Waals surface area contributed by atoms with Crippen molar-refractivity contribution < 1.29 is 10.2 Å². The number of hydrogen-bond acceptors (Lipinski definition) is 2. The molecule has 2 atom stereocenters. The predicted molar refractivity (Wildman–Crippen MR) is 61.8 cm³/mol. The minimum Gasteiger partial charge on any atom is -0.508 e. The Morgan fingerprint density at radius 1 is 1.20 bits per heavy atom. The Hall–Kier alpha value is -1.02. The predicted octanol–water partition coefficient (Wildman–Crippen LogP) is 2.59. The molecule has 2 N–H and O–H groups in total. The van der Waals surface area contributed by atoms with Gasteiger partial charge in [0, 0.05) is 0 Å². The van der Waals surface area contributed by atoms with E-state index in [2.05, 4.69) is 13.8 Å². The lowest BCUT2D eigenvalue weighted by atomic mass is 9.85. The van der Waals surface area contributed by atoms with Gasteiger partial charge in [-0.05, 0) is 42.9 Å². The molecule has 0 aromatic heterocycles. The van der Waals surface area contributed by atoms with Crippen molar-refractivity contribution in [1.29, 1.82) is 0 Å². The number of hydrogen-bond donors (Lipinski definition) is 2. The van der Waals surface area contributed by atoms with Gasteiger partial charge in [-0.25, -0.2) is 0 Å². The van der Waals surface area contributed by atoms with Crippen LogP contribution in [0, 0.1) is 11.8 Å². The van der Waals surface area contributed by atoms with Crippen LogP contribution in [0.2, 0.25) is 0 Å². The van der Waals surface area contributed by atoms with E-state index in [1.165, 1.54) is 0 Å². The molecular weight excluding hydrogens is 188 g/mol. The molecule has 1 aromatic carbocycles. The fraction of sp³-hybridized carbons (Fsp3) is 0.538. The Morgan fingerprint density at radius 2 is 1.87 bits per heavy atom. The van der Waals surface area contributed by atoms with Gasteiger partial charge in [0.05, 0.1) is 6.10 Å². The van der Waals surface area contributed by atoms with E-state index in [9.17, 15) is 10.2 Å². The fourth-order valence-corrected chi connectivity index (χ4v) is 1.92. The molecule has 0 amide bonds. The Balaban J connectivity index is 2.74. The van der Waals surface area contributed by atoms with Crippen molar-refractivity contribution >= 4 is 0 Å². The van der Waals surface area contributed by atoms with Gasteiger partial charge >= 0.3 is 0 Å². The summed E-state index contributed by atoms with van der Waals surface area (Å²) in [7, 11) is 0. The van der Waals surface area contributed by atoms with Gasteiger partial charge in [0.25, 0.3) is 0 Å². The van der Waals surface area contributed by atoms with Crippen molar-refractivity contribution in [2.45, 2.75) is 33.3 Å². The Kier molecular flexibility index (Phi) is 4.15. The highest BCUT2D eigenvalue weighted by molar-refractivity contribution is 5.27. The van der Waals surface area contributed by atoms with Crippen LogP contribution >= 0.6 is 0 Å². The number of benzene rings is 1. The van der Waals surface area contributed by atoms with Crippen LogP contribution in [0.15, 0.2) is 24.3 Å². The molecular formula is C13H20O2. The summed E-state index contributed by atoms with van der Waals surface area (Å²) in [6.07, 6.45) is 0.497. The number of aliphatic hydroxyl groups excluding tert-OH is 1. The van der Waals surface area contributed by atoms with Crippen LogP contribution in [-0.2, 0) is 6.42 Å². The highest BCUT2D eigenvalue weighted by Gasteiger charge is 2.19. The maximum atomic E-state index is 9.65. The van der Waals surface area contributed by atoms with Crippen molar-refractivity contribution in [3.8, 4) is 5.75 Å². The Morgan fingerprint density at radius 3 is 2.33 bits per heavy atom. The summed E-state index contributed by atoms with van der Waals surface area (Å²) in [5, 5.41) is 19.0. The number of aromatic hydroxyl groups is 1. The first-order valence-corrected chi connectivity index (χ1v) is 5.46. The Labute approximate surface area is 91.6 Å². The van der Waals surface area contributed by atoms with E-state index in [1.807, 2.05) is 19.1 Å². The molecule has 2 nitrogen and oxygen atoms in total. The lowest BCUT2D eigenvalue weighted by Crippen LogP contribution is -2.24. The van der Waals surface area contributed by atoms with Gasteiger partial charge in [-0.1, -0.05) is 26.0 Å². The van der Waals surface area contributed by atoms with Crippen LogP contribution in [-0.4, -0.2) is 16.3 Å². The maximum Gasteiger partial charge on any atom is 0.115 e. The summed E-state index contributed by atoms with van der Waals surface area (Å²) in [6, 6.07) is 7.25. The highest BCUT2D eigenvalue weighted by atomic mass is 16.3. The Bertz CT molecular complexity index is 297. The minimum atomic E-state index is -0.313. The first kappa shape index (κ1) is 12.1. The minimum absolute atomic E-state index is 0.242. The number of aliphatic hydroxyl groups is 1. The van der Waals surface area contributed by atoms with Gasteiger partial charge < -0.3 is 10.2 Å². The van der Waals surface area contributed by atoms with E-state index in [4.69, 9.17) is 0 Å². The molecule has 2 heteroatoms. The van der Waals surface area contributed by atoms with Crippen LogP contribution < -0.4 is 0 Å². The molecule has 0 saturated carbocycles. The summed E-state index contributed by atoms with van der Waals surface area (Å²) in [5.41, 5.74) is 1.08. The second kappa shape index (κ2) is 5.17. The van der Waals surface area contributed by atoms with Gasteiger partial charge in [-0.2, -0.15) is 0 Å². The van der Waals surface area contributed by atoms with E-state index in [1.54, 1.807) is 12.1 Å². The van der Waals surface area contributed by atoms with E-state index >= 15 is 0 Å². The van der Waals surface area contributed by atoms with Crippen LogP contribution in [0.3, 0.4) is 0 Å². The van der Waals surface area contributed by atoms with Crippen molar-refractivity contribution in [3.63, 3.8) is 0 Å². The van der Waals surface area contributed by atoms with Crippen molar-refractivity contribution in [1.82, 2.24) is 0 Å². The quantitative estimate of drug-likeness (QED) is 0.798. The molecule has 0 aliphatic rings. The maximum absolute atomic E-state index is 9.65. The lowest BCUT2D eigenvalue weighted by Gasteiger charge is -2.23. The van der Waals surface area contributed by atoms with E-state index in [0.29, 0.717) is 11.7 Å². The largest absolute Gasteiger partial charge is 0.508 e. The molecule has 0 fully saturated rings. The van der Waals surface area contributed by atoms with Crippen LogP contribution in [0.4, 0.5) is 0 Å². The van der Waals surface area contributed by atoms with Crippen molar-refractivity contribution in [2.24, 2.45) is 11.8 Å². The topological polar surface area (TPSA) is 40.5 Å². The second-order valence-corrected chi connectivity index (χ2v) is 4.52. The monoisotopic (exact) mass is 208 g/mol. The third-order valence-electron chi connectivity index (χ3n) is 2.86. The van der Waals surface area contributed by atoms with Crippen molar-refractivity contribution in [3.05, 3.63) is 29.8 Å². The molecule has 84 valence electrons. The van der Waals surface area contributed by atoms with Gasteiger partial charge in [-0.3, -0.25) is 0 Å². The molecule has 0 aliphatic carbocycles. The molecule has 1 rings (SSSR count). The third kappa shape index (κ3) is 3.56. The van der Waals surface area contributed by atoms with Crippen LogP contribution in [0.25, 0.3) is 0 Å². The summed E-state index contributed by atoms with van der Waals surface area (Å²) < 4.78 is 0. The molecule has 1 aromatic rings. The fourth-order valence-electron chi connectivity index (χ4n) is 1.92. The first-order chi connectivity index (χ1) is 7.00. The molecule has 0 saturated heterocycles. The molecule has 0 spiro atoms. The average Bonchev–Trinajstić information content (AvgIpc) is 2.13. The zero-order valence-electron chi connectivity index (χ0n) is 9.64. The molecule has 15 heavy (non-hydrogen) atoms. The van der Waals surface area contributed by atoms with Crippen LogP contribution in [0.5, 0.6) is 5.75 Å². The SMILES string of the molecule is CC(C)C(Cc1cccc(O)c1)C(C)O. The van der Waals surface area contributed by atoms with Crippen LogP contribution in [0.1, 0.15) is 26.3 Å². The summed E-state index contributed by atoms with van der Waals surface area (Å²) >= 11 is 0. The van der Waals surface area contributed by atoms with Gasteiger partial charge in [0.15, 0.2) is 0 Å². The average molecular weight is 208 g/mol. The summed E-state index contributed by atoms with van der Waals surface area (Å²) in [4.78, 5) is 0. The summed E-state index contributed by atoms with van der Waals surface area (Å²) in [6.45, 7) is 6.05. The molecule has 0 heterocycles. The highest BCUT2D eigenvalue weighted by Crippen LogP contribution is 2.22. The van der Waals surface area contributed by atoms with E-state index in [0.717, 1.165) is 12.0 Å². The normalized spacial score (nSPS) is 15.3. The second-order valence-electron chi connectivity index (χ2n) is 4.52. The molecule has 2 unspecified atom stereocenters. The van der Waals surface area contributed by atoms with Crippen molar-refractivity contribution in [2.75, 3.05) is 0 Å². The van der Waals surface area contributed by atoms with Gasteiger partial charge in [0.2, 0.25) is 0 Å². The zero-order valence-corrected chi connectivity index (χ0v) is 9.64. The molecule has 0 bridgehead atoms. The standard InChI is InChI=1S/C13H20O2/c1-9(2)13(10(3)14)8-11-5-4-6-12(15)7-11/h4-7,9-10,13-15H,8H2,1-3H3. The van der Waals surface area contributed by atoms with E-state index in [-0.39, 0.29) is 12.0 Å². The van der Waals surface area contributed by atoms with E-state index < -0.39 is 0 Å². The lowest BCUT2D eigenvalue weighted by molar-refractivity contribution is 0.0976. The summed E-state index contributed by atoms with van der Waals surface area (Å²) in [5.74, 6) is 0.972. The zero-order chi connectivity index (χ0) is 11.4. The molecule has 0 aliphatic heterocycles. The first-order valence-electron chi connectivity index (χ1n) is 5.46. The smallest absolute Gasteiger partial charge is 0.115 e. The number of rotatable bonds is 4. The third-order valence-corrected chi connectivity index (χ3v) is 2.86. The van der Waals surface area contributed by atoms with Gasteiger partial charge in [-0.15, -0.1) is 0 Å². The number of phenols is 1. The number of phenolic OH excluding ortho intramolecular Hbond substituents is 1.